The van der Waals surface area contributed by atoms with Gasteiger partial charge in [-0.2, -0.15) is 14.1 Å². The minimum Gasteiger partial charge on any atom is -0.694 e. The van der Waals surface area contributed by atoms with Crippen molar-refractivity contribution in [2.45, 2.75) is 75.5 Å². The standard InChI is InChI=1S/C26H35O2P.C13H11N.CH4O3S.Pd/c1-27-23-17-11-18-24(28-2)26(23)22-16-9-10-19-25(22)29(20-12-5-3-6-13-20)21-14-7-4-8-15-21;1-14-13-10-6-5-9-12(13)11-7-3-2-4-8-11;1-5(2,3)4;/h9-11,16-21H,3-8,12-15H2,1-2H3;2-7,9-10H,1H3;1H3,(H,2,3,4);/q;-2;;+2/p+1. The molecule has 2 aliphatic carbocycles. The monoisotopic (exact) mass is 794 g/mol. The number of benzene rings is 4. The minimum atomic E-state index is -3.67. The number of ether oxygens (including phenoxy) is 2. The van der Waals surface area contributed by atoms with E-state index >= 15 is 0 Å². The van der Waals surface area contributed by atoms with Gasteiger partial charge in [-0.05, 0) is 69.6 Å². The topological polar surface area (TPSA) is 86.9 Å². The van der Waals surface area contributed by atoms with Gasteiger partial charge >= 0.3 is 20.4 Å². The smallest absolute Gasteiger partial charge is 0.694 e. The Bertz CT molecular complexity index is 1610. The van der Waals surface area contributed by atoms with Crippen molar-refractivity contribution in [1.82, 2.24) is 0 Å². The molecule has 0 amide bonds. The summed E-state index contributed by atoms with van der Waals surface area (Å²) in [6, 6.07) is 34.6. The average Bonchev–Trinajstić information content (AvgIpc) is 3.12. The van der Waals surface area contributed by atoms with Crippen molar-refractivity contribution < 1.29 is 42.9 Å². The van der Waals surface area contributed by atoms with Crippen LogP contribution in [0.15, 0.2) is 91.0 Å². The van der Waals surface area contributed by atoms with Gasteiger partial charge in [0.2, 0.25) is 0 Å². The van der Waals surface area contributed by atoms with E-state index in [0.29, 0.717) is 6.26 Å². The minimum absolute atomic E-state index is 0. The Kier molecular flexibility index (Phi) is 17.3. The van der Waals surface area contributed by atoms with Crippen LogP contribution in [0, 0.1) is 6.07 Å². The molecule has 9 heteroatoms. The predicted molar refractivity (Wildman–Crippen MR) is 204 cm³/mol. The molecule has 0 saturated heterocycles. The molecule has 6 nitrogen and oxygen atoms in total. The zero-order valence-electron chi connectivity index (χ0n) is 29.1. The van der Waals surface area contributed by atoms with E-state index in [1.807, 2.05) is 55.6 Å². The summed E-state index contributed by atoms with van der Waals surface area (Å²) in [6.07, 6.45) is 15.0. The van der Waals surface area contributed by atoms with Crippen molar-refractivity contribution in [3.05, 3.63) is 102 Å². The van der Waals surface area contributed by atoms with Crippen molar-refractivity contribution in [1.29, 1.82) is 0 Å². The Morgan fingerprint density at radius 3 is 1.69 bits per heavy atom. The molecule has 0 atom stereocenters. The van der Waals surface area contributed by atoms with Crippen LogP contribution in [-0.4, -0.2) is 51.8 Å². The SMILES string of the molecule is COc1cccc(OC)c1-c1ccccc1[PH+](C1CCCCC1)C1CCCCC1.CS(=O)(=O)O.C[N-]c1ccccc1-c1[c-]cccc1.[Pd+2]. The number of para-hydroxylation sites is 1. The van der Waals surface area contributed by atoms with Crippen LogP contribution in [0.25, 0.3) is 27.6 Å². The fraction of sp³-hybridized carbons (Fsp3) is 0.400. The summed E-state index contributed by atoms with van der Waals surface area (Å²) in [5.41, 5.74) is 7.56. The van der Waals surface area contributed by atoms with Crippen molar-refractivity contribution in [2.75, 3.05) is 27.5 Å². The Morgan fingerprint density at radius 1 is 0.714 bits per heavy atom. The molecule has 2 saturated carbocycles. The fourth-order valence-corrected chi connectivity index (χ4v) is 11.5. The predicted octanol–water partition coefficient (Wildman–Crippen LogP) is 10.2. The maximum Gasteiger partial charge on any atom is 2.00 e. The fourth-order valence-electron chi connectivity index (χ4n) is 7.13. The molecule has 49 heavy (non-hydrogen) atoms. The third-order valence-electron chi connectivity index (χ3n) is 9.17. The van der Waals surface area contributed by atoms with Crippen LogP contribution < -0.4 is 14.8 Å². The van der Waals surface area contributed by atoms with Gasteiger partial charge in [-0.25, -0.2) is 0 Å². The van der Waals surface area contributed by atoms with Gasteiger partial charge in [0.25, 0.3) is 10.1 Å². The normalized spacial score (nSPS) is 15.1. The first-order valence-electron chi connectivity index (χ1n) is 17.0. The van der Waals surface area contributed by atoms with Gasteiger partial charge in [-0.15, -0.1) is 48.5 Å². The zero-order valence-corrected chi connectivity index (χ0v) is 32.5. The molecule has 266 valence electrons. The Hall–Kier alpha value is -2.72. The molecule has 4 aromatic carbocycles. The van der Waals surface area contributed by atoms with E-state index < -0.39 is 18.0 Å². The van der Waals surface area contributed by atoms with Crippen molar-refractivity contribution in [2.24, 2.45) is 0 Å². The maximum atomic E-state index is 9.19. The van der Waals surface area contributed by atoms with Gasteiger partial charge in [-0.1, -0.05) is 61.4 Å². The van der Waals surface area contributed by atoms with Crippen LogP contribution in [0.5, 0.6) is 11.5 Å². The van der Waals surface area contributed by atoms with Crippen molar-refractivity contribution >= 4 is 29.0 Å². The van der Waals surface area contributed by atoms with Gasteiger partial charge < -0.3 is 14.8 Å². The number of hydrogen-bond acceptors (Lipinski definition) is 4. The summed E-state index contributed by atoms with van der Waals surface area (Å²) in [7, 11) is 1.03. The molecule has 0 radical (unpaired) electrons. The second kappa shape index (κ2) is 20.8. The van der Waals surface area contributed by atoms with E-state index in [9.17, 15) is 8.42 Å². The summed E-state index contributed by atoms with van der Waals surface area (Å²) in [5, 5.41) is 5.85. The van der Waals surface area contributed by atoms with Crippen molar-refractivity contribution in [3.8, 4) is 33.8 Å². The maximum absolute atomic E-state index is 9.19. The molecule has 0 spiro atoms. The first-order valence-corrected chi connectivity index (χ1v) is 20.5. The van der Waals surface area contributed by atoms with Crippen LogP contribution in [0.3, 0.4) is 0 Å². The molecule has 0 heterocycles. The van der Waals surface area contributed by atoms with E-state index in [1.165, 1.54) is 69.8 Å². The van der Waals surface area contributed by atoms with Gasteiger partial charge in [-0.3, -0.25) is 4.55 Å². The Labute approximate surface area is 309 Å². The van der Waals surface area contributed by atoms with Gasteiger partial charge in [0, 0.05) is 13.5 Å². The third kappa shape index (κ3) is 12.2. The molecule has 4 aromatic rings. The van der Waals surface area contributed by atoms with Gasteiger partial charge in [0.05, 0.1) is 37.4 Å². The van der Waals surface area contributed by atoms with E-state index in [0.717, 1.165) is 45.2 Å². The van der Waals surface area contributed by atoms with E-state index in [-0.39, 0.29) is 20.4 Å². The van der Waals surface area contributed by atoms with Crippen LogP contribution in [0.4, 0.5) is 5.69 Å². The molecule has 0 unspecified atom stereocenters. The quantitative estimate of drug-likeness (QED) is 0.0831. The number of methoxy groups -OCH3 is 2. The third-order valence-corrected chi connectivity index (χ3v) is 13.1. The molecular weight excluding hydrogens is 744 g/mol. The molecule has 2 aliphatic rings. The number of hydrogen-bond donors (Lipinski definition) is 1. The van der Waals surface area contributed by atoms with Gasteiger partial charge in [0.1, 0.15) is 16.8 Å². The second-order valence-corrected chi connectivity index (χ2v) is 17.0. The number of rotatable bonds is 8. The first-order chi connectivity index (χ1) is 23.2. The van der Waals surface area contributed by atoms with Crippen LogP contribution in [0.1, 0.15) is 64.2 Å². The summed E-state index contributed by atoms with van der Waals surface area (Å²) >= 11 is 0. The van der Waals surface area contributed by atoms with Crippen molar-refractivity contribution in [3.63, 3.8) is 0 Å². The zero-order chi connectivity index (χ0) is 34.4. The molecule has 1 N–H and O–H groups in total. The average molecular weight is 795 g/mol. The molecule has 0 aliphatic heterocycles. The van der Waals surface area contributed by atoms with E-state index in [1.54, 1.807) is 19.5 Å². The molecular formula is C40H51NO5PPdS+. The van der Waals surface area contributed by atoms with E-state index in [4.69, 9.17) is 14.0 Å². The summed E-state index contributed by atoms with van der Waals surface area (Å²) in [4.78, 5) is 0. The van der Waals surface area contributed by atoms with E-state index in [2.05, 4.69) is 53.8 Å². The molecule has 2 fully saturated rings. The second-order valence-electron chi connectivity index (χ2n) is 12.5. The van der Waals surface area contributed by atoms with Crippen LogP contribution >= 0.6 is 7.92 Å². The largest absolute Gasteiger partial charge is 2.00 e. The summed E-state index contributed by atoms with van der Waals surface area (Å²) in [6.45, 7) is 0. The van der Waals surface area contributed by atoms with Crippen LogP contribution in [0.2, 0.25) is 0 Å². The Balaban J connectivity index is 0.000000270. The first kappa shape index (κ1) is 40.7. The van der Waals surface area contributed by atoms with Gasteiger partial charge in [0.15, 0.2) is 0 Å². The van der Waals surface area contributed by atoms with Crippen LogP contribution in [-0.2, 0) is 30.5 Å². The number of nitrogens with zero attached hydrogens (tertiary/aromatic N) is 1. The summed E-state index contributed by atoms with van der Waals surface area (Å²) < 4.78 is 37.5. The molecule has 6 rings (SSSR count). The molecule has 0 aromatic heterocycles. The Morgan fingerprint density at radius 2 is 1.20 bits per heavy atom. The molecule has 0 bridgehead atoms. The summed E-state index contributed by atoms with van der Waals surface area (Å²) in [5.74, 6) is 1.84.